The molecule has 0 aromatic heterocycles. The number of benzene rings is 2. The van der Waals surface area contributed by atoms with Crippen LogP contribution in [0, 0.1) is 11.3 Å². The number of carbonyl (C=O) groups is 1. The minimum atomic E-state index is -0.235. The van der Waals surface area contributed by atoms with Crippen LogP contribution in [0.2, 0.25) is 0 Å². The molecule has 0 spiro atoms. The molecule has 104 valence electrons. The first-order chi connectivity index (χ1) is 10.2. The van der Waals surface area contributed by atoms with Gasteiger partial charge in [-0.1, -0.05) is 18.2 Å². The van der Waals surface area contributed by atoms with Gasteiger partial charge in [-0.15, -0.1) is 0 Å². The van der Waals surface area contributed by atoms with E-state index in [1.165, 1.54) is 0 Å². The third-order valence-corrected chi connectivity index (χ3v) is 3.51. The van der Waals surface area contributed by atoms with Crippen LogP contribution in [0.4, 0.5) is 21.9 Å². The second kappa shape index (κ2) is 5.17. The highest BCUT2D eigenvalue weighted by molar-refractivity contribution is 6.05. The lowest BCUT2D eigenvalue weighted by Gasteiger charge is -2.19. The summed E-state index contributed by atoms with van der Waals surface area (Å²) >= 11 is 0. The molecular weight excluding hydrogens is 264 g/mol. The van der Waals surface area contributed by atoms with Crippen molar-refractivity contribution in [2.24, 2.45) is 0 Å². The van der Waals surface area contributed by atoms with Gasteiger partial charge in [0.15, 0.2) is 0 Å². The lowest BCUT2D eigenvalue weighted by Crippen LogP contribution is -2.33. The number of para-hydroxylation sites is 1. The molecule has 0 saturated heterocycles. The highest BCUT2D eigenvalue weighted by Gasteiger charge is 2.26. The van der Waals surface area contributed by atoms with Gasteiger partial charge in [-0.2, -0.15) is 5.26 Å². The van der Waals surface area contributed by atoms with Crippen LogP contribution in [0.5, 0.6) is 0 Å². The van der Waals surface area contributed by atoms with Gasteiger partial charge in [-0.05, 0) is 36.2 Å². The summed E-state index contributed by atoms with van der Waals surface area (Å²) < 4.78 is 0. The molecule has 0 radical (unpaired) electrons. The van der Waals surface area contributed by atoms with Gasteiger partial charge in [-0.3, -0.25) is 4.90 Å². The first-order valence-electron chi connectivity index (χ1n) is 6.65. The molecule has 21 heavy (non-hydrogen) atoms. The van der Waals surface area contributed by atoms with E-state index in [1.54, 1.807) is 35.2 Å². The van der Waals surface area contributed by atoms with Crippen LogP contribution in [0.1, 0.15) is 11.1 Å². The maximum Gasteiger partial charge on any atom is 0.326 e. The number of hydrogen-bond donors (Lipinski definition) is 2. The van der Waals surface area contributed by atoms with Crippen molar-refractivity contribution in [2.45, 2.75) is 6.42 Å². The fourth-order valence-electron chi connectivity index (χ4n) is 2.55. The Hall–Kier alpha value is -3.00. The maximum atomic E-state index is 12.4. The Bertz CT molecular complexity index is 748. The number of nitrogen functional groups attached to an aromatic ring is 1. The molecule has 5 heteroatoms. The molecule has 0 bridgehead atoms. The van der Waals surface area contributed by atoms with Gasteiger partial charge in [0.25, 0.3) is 0 Å². The van der Waals surface area contributed by atoms with E-state index in [2.05, 4.69) is 5.32 Å². The summed E-state index contributed by atoms with van der Waals surface area (Å²) in [4.78, 5) is 14.0. The zero-order chi connectivity index (χ0) is 14.8. The largest absolute Gasteiger partial charge is 0.397 e. The van der Waals surface area contributed by atoms with Crippen molar-refractivity contribution < 1.29 is 4.79 Å². The van der Waals surface area contributed by atoms with Crippen molar-refractivity contribution in [3.8, 4) is 6.07 Å². The average Bonchev–Trinajstić information content (AvgIpc) is 2.93. The quantitative estimate of drug-likeness (QED) is 0.787. The molecule has 5 nitrogen and oxygen atoms in total. The van der Waals surface area contributed by atoms with E-state index in [0.29, 0.717) is 23.5 Å². The highest BCUT2D eigenvalue weighted by Crippen LogP contribution is 2.33. The minimum Gasteiger partial charge on any atom is -0.397 e. The average molecular weight is 278 g/mol. The number of amides is 2. The molecule has 0 fully saturated rings. The Morgan fingerprint density at radius 3 is 2.90 bits per heavy atom. The standard InChI is InChI=1S/C16H14N4O/c17-10-11-3-1-5-13(9-11)19-16(21)20-8-7-12-4-2-6-14(18)15(12)20/h1-6,9H,7-8,18H2,(H,19,21). The van der Waals surface area contributed by atoms with Gasteiger partial charge in [0.1, 0.15) is 0 Å². The fraction of sp³-hybridized carbons (Fsp3) is 0.125. The summed E-state index contributed by atoms with van der Waals surface area (Å²) in [6, 6.07) is 14.3. The topological polar surface area (TPSA) is 82.2 Å². The predicted octanol–water partition coefficient (Wildman–Crippen LogP) is 2.74. The first-order valence-corrected chi connectivity index (χ1v) is 6.65. The van der Waals surface area contributed by atoms with Crippen LogP contribution < -0.4 is 16.0 Å². The first kappa shape index (κ1) is 13.0. The summed E-state index contributed by atoms with van der Waals surface area (Å²) in [6.07, 6.45) is 0.798. The van der Waals surface area contributed by atoms with Crippen LogP contribution >= 0.6 is 0 Å². The number of hydrogen-bond acceptors (Lipinski definition) is 3. The molecule has 2 amide bonds. The van der Waals surface area contributed by atoms with Crippen LogP contribution in [-0.2, 0) is 6.42 Å². The second-order valence-electron chi connectivity index (χ2n) is 4.88. The number of nitrogens with one attached hydrogen (secondary N) is 1. The number of fused-ring (bicyclic) bond motifs is 1. The Morgan fingerprint density at radius 1 is 1.29 bits per heavy atom. The Labute approximate surface area is 122 Å². The van der Waals surface area contributed by atoms with E-state index in [4.69, 9.17) is 11.0 Å². The van der Waals surface area contributed by atoms with Crippen molar-refractivity contribution >= 4 is 23.1 Å². The molecule has 0 saturated carbocycles. The van der Waals surface area contributed by atoms with Crippen molar-refractivity contribution in [1.82, 2.24) is 0 Å². The van der Waals surface area contributed by atoms with E-state index >= 15 is 0 Å². The molecule has 1 aliphatic heterocycles. The molecule has 0 aliphatic carbocycles. The maximum absolute atomic E-state index is 12.4. The molecule has 3 N–H and O–H groups in total. The van der Waals surface area contributed by atoms with Crippen LogP contribution in [-0.4, -0.2) is 12.6 Å². The molecule has 3 rings (SSSR count). The molecule has 1 aliphatic rings. The van der Waals surface area contributed by atoms with E-state index < -0.39 is 0 Å². The molecule has 1 heterocycles. The molecular formula is C16H14N4O. The number of urea groups is 1. The normalized spacial score (nSPS) is 12.6. The van der Waals surface area contributed by atoms with Crippen LogP contribution in [0.25, 0.3) is 0 Å². The second-order valence-corrected chi connectivity index (χ2v) is 4.88. The third kappa shape index (κ3) is 2.39. The number of nitrogens with zero attached hydrogens (tertiary/aromatic N) is 2. The monoisotopic (exact) mass is 278 g/mol. The smallest absolute Gasteiger partial charge is 0.326 e. The van der Waals surface area contributed by atoms with Crippen molar-refractivity contribution in [2.75, 3.05) is 22.5 Å². The zero-order valence-corrected chi connectivity index (χ0v) is 11.3. The predicted molar refractivity (Wildman–Crippen MR) is 82.1 cm³/mol. The van der Waals surface area contributed by atoms with Gasteiger partial charge in [-0.25, -0.2) is 4.79 Å². The number of anilines is 3. The lowest BCUT2D eigenvalue weighted by molar-refractivity contribution is 0.257. The number of nitrogens with two attached hydrogens (primary N) is 1. The Morgan fingerprint density at radius 2 is 2.10 bits per heavy atom. The summed E-state index contributed by atoms with van der Waals surface area (Å²) in [5.74, 6) is 0. The number of nitriles is 1. The molecule has 2 aromatic carbocycles. The van der Waals surface area contributed by atoms with Crippen LogP contribution in [0.15, 0.2) is 42.5 Å². The fourth-order valence-corrected chi connectivity index (χ4v) is 2.55. The van der Waals surface area contributed by atoms with Crippen molar-refractivity contribution in [1.29, 1.82) is 5.26 Å². The molecule has 0 atom stereocenters. The van der Waals surface area contributed by atoms with E-state index in [9.17, 15) is 4.79 Å². The zero-order valence-electron chi connectivity index (χ0n) is 11.3. The van der Waals surface area contributed by atoms with Gasteiger partial charge >= 0.3 is 6.03 Å². The number of rotatable bonds is 1. The highest BCUT2D eigenvalue weighted by atomic mass is 16.2. The van der Waals surface area contributed by atoms with Gasteiger partial charge in [0.05, 0.1) is 23.0 Å². The van der Waals surface area contributed by atoms with Gasteiger partial charge in [0, 0.05) is 12.2 Å². The summed E-state index contributed by atoms with van der Waals surface area (Å²) in [6.45, 7) is 0.604. The Balaban J connectivity index is 1.84. The van der Waals surface area contributed by atoms with Crippen LogP contribution in [0.3, 0.4) is 0 Å². The lowest BCUT2D eigenvalue weighted by atomic mass is 10.1. The SMILES string of the molecule is N#Cc1cccc(NC(=O)N2CCc3cccc(N)c32)c1. The van der Waals surface area contributed by atoms with Crippen molar-refractivity contribution in [3.05, 3.63) is 53.6 Å². The molecule has 0 unspecified atom stereocenters. The molecule has 2 aromatic rings. The minimum absolute atomic E-state index is 0.235. The van der Waals surface area contributed by atoms with E-state index in [0.717, 1.165) is 17.7 Å². The van der Waals surface area contributed by atoms with Crippen molar-refractivity contribution in [3.63, 3.8) is 0 Å². The Kier molecular flexibility index (Phi) is 3.20. The van der Waals surface area contributed by atoms with Gasteiger partial charge in [0.2, 0.25) is 0 Å². The summed E-state index contributed by atoms with van der Waals surface area (Å²) in [5.41, 5.74) is 9.55. The van der Waals surface area contributed by atoms with E-state index in [1.807, 2.05) is 18.2 Å². The van der Waals surface area contributed by atoms with E-state index in [-0.39, 0.29) is 6.03 Å². The summed E-state index contributed by atoms with van der Waals surface area (Å²) in [7, 11) is 0. The summed E-state index contributed by atoms with van der Waals surface area (Å²) in [5, 5.41) is 11.7. The number of carbonyl (C=O) groups excluding carboxylic acids is 1. The van der Waals surface area contributed by atoms with Gasteiger partial charge < -0.3 is 11.1 Å². The third-order valence-electron chi connectivity index (χ3n) is 3.51.